The quantitative estimate of drug-likeness (QED) is 0.412. The second kappa shape index (κ2) is 9.97. The van der Waals surface area contributed by atoms with Gasteiger partial charge in [-0.05, 0) is 55.5 Å². The van der Waals surface area contributed by atoms with E-state index in [0.29, 0.717) is 5.56 Å². The maximum Gasteiger partial charge on any atom is 0.321 e. The van der Waals surface area contributed by atoms with Crippen molar-refractivity contribution in [3.63, 3.8) is 0 Å². The van der Waals surface area contributed by atoms with E-state index in [-0.39, 0.29) is 28.5 Å². The van der Waals surface area contributed by atoms with E-state index in [1.54, 1.807) is 13.0 Å². The van der Waals surface area contributed by atoms with Gasteiger partial charge in [-0.3, -0.25) is 4.79 Å². The molecule has 0 unspecified atom stereocenters. The Morgan fingerprint density at radius 2 is 1.87 bits per heavy atom. The minimum absolute atomic E-state index is 0.00790. The number of methoxy groups -OCH3 is 1. The normalized spacial score (nSPS) is 12.2. The van der Waals surface area contributed by atoms with Gasteiger partial charge in [0.1, 0.15) is 16.5 Å². The number of rotatable bonds is 10. The Morgan fingerprint density at radius 3 is 2.39 bits per heavy atom. The Hall–Kier alpha value is -2.16. The molecular weight excluding hydrogens is 434 g/mol. The SMILES string of the molecule is C=CCN(CC(=O)OC)S(=O)(=O)c1sc(C(CC)(CC)c2ccc(O)c(C)c2)cc1C. The lowest BCUT2D eigenvalue weighted by Gasteiger charge is -2.32. The third-order valence-corrected chi connectivity index (χ3v) is 9.61. The van der Waals surface area contributed by atoms with Crippen LogP contribution in [-0.4, -0.2) is 44.0 Å². The lowest BCUT2D eigenvalue weighted by molar-refractivity contribution is -0.140. The van der Waals surface area contributed by atoms with Crippen molar-refractivity contribution in [1.82, 2.24) is 4.31 Å². The molecule has 0 amide bonds. The van der Waals surface area contributed by atoms with E-state index in [9.17, 15) is 18.3 Å². The van der Waals surface area contributed by atoms with E-state index >= 15 is 0 Å². The smallest absolute Gasteiger partial charge is 0.321 e. The number of carbonyl (C=O) groups is 1. The van der Waals surface area contributed by atoms with Crippen molar-refractivity contribution in [1.29, 1.82) is 0 Å². The van der Waals surface area contributed by atoms with Crippen LogP contribution in [0.15, 0.2) is 41.1 Å². The number of ether oxygens (including phenoxy) is 1. The van der Waals surface area contributed by atoms with E-state index in [1.165, 1.54) is 24.5 Å². The monoisotopic (exact) mass is 465 g/mol. The Labute approximate surface area is 189 Å². The summed E-state index contributed by atoms with van der Waals surface area (Å²) >= 11 is 1.24. The largest absolute Gasteiger partial charge is 0.508 e. The molecular formula is C23H31NO5S2. The van der Waals surface area contributed by atoms with E-state index in [4.69, 9.17) is 0 Å². The van der Waals surface area contributed by atoms with Gasteiger partial charge in [-0.15, -0.1) is 17.9 Å². The number of phenols is 1. The molecule has 1 aromatic carbocycles. The maximum atomic E-state index is 13.4. The number of aryl methyl sites for hydroxylation is 2. The number of phenolic OH excluding ortho intramolecular Hbond substituents is 1. The van der Waals surface area contributed by atoms with E-state index in [1.807, 2.05) is 25.1 Å². The average molecular weight is 466 g/mol. The van der Waals surface area contributed by atoms with Gasteiger partial charge in [-0.25, -0.2) is 8.42 Å². The van der Waals surface area contributed by atoms with Crippen LogP contribution in [0.2, 0.25) is 0 Å². The molecule has 0 spiro atoms. The van der Waals surface area contributed by atoms with Crippen LogP contribution in [-0.2, 0) is 25.0 Å². The molecule has 0 bridgehead atoms. The van der Waals surface area contributed by atoms with Crippen LogP contribution in [0.3, 0.4) is 0 Å². The molecule has 8 heteroatoms. The molecule has 6 nitrogen and oxygen atoms in total. The predicted molar refractivity (Wildman–Crippen MR) is 124 cm³/mol. The fourth-order valence-corrected chi connectivity index (χ4v) is 7.32. The van der Waals surface area contributed by atoms with Crippen molar-refractivity contribution in [2.24, 2.45) is 0 Å². The first-order chi connectivity index (χ1) is 14.6. The second-order valence-corrected chi connectivity index (χ2v) is 10.7. The number of hydrogen-bond donors (Lipinski definition) is 1. The molecule has 0 aliphatic heterocycles. The number of nitrogens with zero attached hydrogens (tertiary/aromatic N) is 1. The summed E-state index contributed by atoms with van der Waals surface area (Å²) < 4.78 is 32.8. The number of carbonyl (C=O) groups excluding carboxylic acids is 1. The zero-order valence-corrected chi connectivity index (χ0v) is 20.4. The Morgan fingerprint density at radius 1 is 1.23 bits per heavy atom. The molecule has 1 aromatic heterocycles. The van der Waals surface area contributed by atoms with Crippen molar-refractivity contribution in [2.75, 3.05) is 20.2 Å². The van der Waals surface area contributed by atoms with Crippen LogP contribution in [0.25, 0.3) is 0 Å². The lowest BCUT2D eigenvalue weighted by atomic mass is 9.74. The molecule has 0 radical (unpaired) electrons. The Bertz CT molecular complexity index is 1050. The van der Waals surface area contributed by atoms with Gasteiger partial charge in [0.25, 0.3) is 10.0 Å². The molecule has 0 fully saturated rings. The fraction of sp³-hybridized carbons (Fsp3) is 0.435. The molecule has 170 valence electrons. The van der Waals surface area contributed by atoms with Gasteiger partial charge in [0.05, 0.1) is 7.11 Å². The standard InChI is InChI=1S/C23H31NO5S2/c1-7-12-24(15-21(26)29-6)31(27,28)22-17(5)14-20(30-22)23(8-2,9-3)18-10-11-19(25)16(4)13-18/h7,10-11,13-14,25H,1,8-9,12,15H2,2-6H3. The molecule has 1 N–H and O–H groups in total. The fourth-order valence-electron chi connectivity index (χ4n) is 3.78. The van der Waals surface area contributed by atoms with Crippen LogP contribution < -0.4 is 0 Å². The molecule has 2 aromatic rings. The van der Waals surface area contributed by atoms with E-state index in [2.05, 4.69) is 25.2 Å². The van der Waals surface area contributed by atoms with Crippen molar-refractivity contribution in [2.45, 2.75) is 50.2 Å². The highest BCUT2D eigenvalue weighted by atomic mass is 32.2. The van der Waals surface area contributed by atoms with Crippen molar-refractivity contribution < 1.29 is 23.1 Å². The van der Waals surface area contributed by atoms with Gasteiger partial charge in [0.15, 0.2) is 0 Å². The summed E-state index contributed by atoms with van der Waals surface area (Å²) in [5, 5.41) is 9.96. The summed E-state index contributed by atoms with van der Waals surface area (Å²) in [4.78, 5) is 12.7. The van der Waals surface area contributed by atoms with Crippen molar-refractivity contribution in [3.05, 3.63) is 58.5 Å². The number of esters is 1. The molecule has 1 heterocycles. The van der Waals surface area contributed by atoms with Crippen LogP contribution >= 0.6 is 11.3 Å². The highest BCUT2D eigenvalue weighted by Crippen LogP contribution is 2.45. The van der Waals surface area contributed by atoms with Gasteiger partial charge in [-0.2, -0.15) is 4.31 Å². The third-order valence-electron chi connectivity index (χ3n) is 5.74. The van der Waals surface area contributed by atoms with Crippen LogP contribution in [0.1, 0.15) is 48.3 Å². The Balaban J connectivity index is 2.61. The second-order valence-electron chi connectivity index (χ2n) is 7.53. The highest BCUT2D eigenvalue weighted by molar-refractivity contribution is 7.91. The molecule has 2 rings (SSSR count). The first-order valence-corrected chi connectivity index (χ1v) is 12.4. The van der Waals surface area contributed by atoms with Gasteiger partial charge >= 0.3 is 5.97 Å². The van der Waals surface area contributed by atoms with Crippen molar-refractivity contribution in [3.8, 4) is 5.75 Å². The Kier molecular flexibility index (Phi) is 8.08. The minimum atomic E-state index is -3.91. The molecule has 0 atom stereocenters. The molecule has 31 heavy (non-hydrogen) atoms. The van der Waals surface area contributed by atoms with Crippen LogP contribution in [0, 0.1) is 13.8 Å². The first kappa shape index (κ1) is 25.1. The summed E-state index contributed by atoms with van der Waals surface area (Å²) in [7, 11) is -2.68. The summed E-state index contributed by atoms with van der Waals surface area (Å²) in [6, 6.07) is 7.48. The summed E-state index contributed by atoms with van der Waals surface area (Å²) in [5.41, 5.74) is 2.07. The van der Waals surface area contributed by atoms with Gasteiger partial charge in [-0.1, -0.05) is 32.1 Å². The molecule has 0 aliphatic rings. The first-order valence-electron chi connectivity index (χ1n) is 10.2. The number of sulfonamides is 1. The number of benzene rings is 1. The third kappa shape index (κ3) is 4.86. The lowest BCUT2D eigenvalue weighted by Crippen LogP contribution is -2.36. The zero-order chi connectivity index (χ0) is 23.4. The molecule has 0 aliphatic carbocycles. The van der Waals surface area contributed by atoms with Gasteiger partial charge < -0.3 is 9.84 Å². The van der Waals surface area contributed by atoms with E-state index < -0.39 is 16.0 Å². The number of hydrogen-bond acceptors (Lipinski definition) is 6. The van der Waals surface area contributed by atoms with Gasteiger partial charge in [0, 0.05) is 16.8 Å². The number of thiophene rings is 1. The minimum Gasteiger partial charge on any atom is -0.508 e. The van der Waals surface area contributed by atoms with Crippen molar-refractivity contribution >= 4 is 27.3 Å². The van der Waals surface area contributed by atoms with Crippen LogP contribution in [0.5, 0.6) is 5.75 Å². The number of aromatic hydroxyl groups is 1. The molecule has 0 saturated heterocycles. The topological polar surface area (TPSA) is 83.9 Å². The maximum absolute atomic E-state index is 13.4. The van der Waals surface area contributed by atoms with Gasteiger partial charge in [0.2, 0.25) is 0 Å². The highest BCUT2D eigenvalue weighted by Gasteiger charge is 2.36. The average Bonchev–Trinajstić information content (AvgIpc) is 3.14. The van der Waals surface area contributed by atoms with E-state index in [0.717, 1.165) is 33.2 Å². The summed E-state index contributed by atoms with van der Waals surface area (Å²) in [6.45, 7) is 11.0. The predicted octanol–water partition coefficient (Wildman–Crippen LogP) is 4.53. The zero-order valence-electron chi connectivity index (χ0n) is 18.8. The summed E-state index contributed by atoms with van der Waals surface area (Å²) in [6.07, 6.45) is 2.99. The summed E-state index contributed by atoms with van der Waals surface area (Å²) in [5.74, 6) is -0.394. The molecule has 0 saturated carbocycles. The van der Waals surface area contributed by atoms with Crippen LogP contribution in [0.4, 0.5) is 0 Å².